The largest absolute Gasteiger partial charge is 0.479 e. The molecule has 1 N–H and O–H groups in total. The highest BCUT2D eigenvalue weighted by molar-refractivity contribution is 5.64. The minimum Gasteiger partial charge on any atom is -0.479 e. The molecule has 18 heavy (non-hydrogen) atoms. The number of aliphatic hydroxyl groups is 1. The Labute approximate surface area is 105 Å². The van der Waals surface area contributed by atoms with Gasteiger partial charge in [0.15, 0.2) is 5.60 Å². The highest BCUT2D eigenvalue weighted by Crippen LogP contribution is 2.42. The fourth-order valence-corrected chi connectivity index (χ4v) is 2.78. The van der Waals surface area contributed by atoms with Crippen LogP contribution in [0.25, 0.3) is 6.08 Å². The van der Waals surface area contributed by atoms with Gasteiger partial charge in [-0.1, -0.05) is 0 Å². The summed E-state index contributed by atoms with van der Waals surface area (Å²) in [7, 11) is 0. The minimum atomic E-state index is -0.703. The molecule has 0 unspecified atom stereocenters. The average Bonchev–Trinajstić information content (AvgIpc) is 2.29. The fourth-order valence-electron chi connectivity index (χ4n) is 2.78. The van der Waals surface area contributed by atoms with E-state index in [1.807, 2.05) is 13.0 Å². The Hall–Kier alpha value is -1.55. The molecule has 1 aromatic rings. The van der Waals surface area contributed by atoms with Gasteiger partial charge < -0.3 is 14.3 Å². The molecule has 2 atom stereocenters. The molecule has 1 fully saturated rings. The van der Waals surface area contributed by atoms with Crippen molar-refractivity contribution in [3.63, 3.8) is 0 Å². The lowest BCUT2D eigenvalue weighted by Crippen LogP contribution is -2.50. The molecule has 0 bridgehead atoms. The van der Waals surface area contributed by atoms with Crippen LogP contribution in [0, 0.1) is 6.92 Å². The molecular formula is C14H16O4. The minimum absolute atomic E-state index is 0.375. The summed E-state index contributed by atoms with van der Waals surface area (Å²) >= 11 is 0. The van der Waals surface area contributed by atoms with E-state index in [1.165, 1.54) is 0 Å². The molecule has 3 rings (SSSR count). The van der Waals surface area contributed by atoms with Gasteiger partial charge in [-0.3, -0.25) is 0 Å². The summed E-state index contributed by atoms with van der Waals surface area (Å²) in [6.45, 7) is 3.60. The number of aliphatic hydroxyl groups excluding tert-OH is 1. The number of fused-ring (bicyclic) bond motifs is 2. The number of ether oxygens (including phenoxy) is 1. The Bertz CT molecular complexity index is 584. The van der Waals surface area contributed by atoms with Gasteiger partial charge in [0.2, 0.25) is 0 Å². The Morgan fingerprint density at radius 2 is 2.28 bits per heavy atom. The standard InChI is InChI=1S/C14H16O4/c1-8-6-11-10(13(16)17-8)7-9-4-3-5-12(15)14(9,2)18-11/h6-7,12,15H,3-5H2,1-2H3/t12-,14-/m0/s1. The van der Waals surface area contributed by atoms with E-state index in [-0.39, 0.29) is 5.63 Å². The van der Waals surface area contributed by atoms with E-state index < -0.39 is 11.7 Å². The van der Waals surface area contributed by atoms with Crippen LogP contribution < -0.4 is 10.4 Å². The molecule has 2 aliphatic rings. The van der Waals surface area contributed by atoms with E-state index in [2.05, 4.69) is 0 Å². The summed E-state index contributed by atoms with van der Waals surface area (Å²) in [4.78, 5) is 11.8. The van der Waals surface area contributed by atoms with Crippen molar-refractivity contribution in [3.8, 4) is 5.75 Å². The molecule has 96 valence electrons. The maximum atomic E-state index is 11.8. The van der Waals surface area contributed by atoms with Gasteiger partial charge in [-0.2, -0.15) is 0 Å². The third-order valence-corrected chi connectivity index (χ3v) is 3.91. The van der Waals surface area contributed by atoms with Gasteiger partial charge in [-0.05, 0) is 44.8 Å². The van der Waals surface area contributed by atoms with Crippen LogP contribution in [-0.4, -0.2) is 16.8 Å². The predicted molar refractivity (Wildman–Crippen MR) is 66.6 cm³/mol. The zero-order valence-corrected chi connectivity index (χ0v) is 10.5. The summed E-state index contributed by atoms with van der Waals surface area (Å²) in [5, 5.41) is 10.2. The summed E-state index contributed by atoms with van der Waals surface area (Å²) in [5.41, 5.74) is 0.359. The Morgan fingerprint density at radius 1 is 1.50 bits per heavy atom. The second-order valence-electron chi connectivity index (χ2n) is 5.21. The van der Waals surface area contributed by atoms with Gasteiger partial charge in [0.1, 0.15) is 17.1 Å². The smallest absolute Gasteiger partial charge is 0.346 e. The first-order valence-electron chi connectivity index (χ1n) is 6.23. The summed E-state index contributed by atoms with van der Waals surface area (Å²) in [6, 6.07) is 1.70. The van der Waals surface area contributed by atoms with Gasteiger partial charge in [0.25, 0.3) is 0 Å². The normalized spacial score (nSPS) is 29.9. The summed E-state index contributed by atoms with van der Waals surface area (Å²) < 4.78 is 11.0. The molecule has 4 nitrogen and oxygen atoms in total. The van der Waals surface area contributed by atoms with Crippen LogP contribution in [0.15, 0.2) is 20.9 Å². The van der Waals surface area contributed by atoms with Crippen LogP contribution in [0.1, 0.15) is 37.5 Å². The predicted octanol–water partition coefficient (Wildman–Crippen LogP) is 2.03. The van der Waals surface area contributed by atoms with E-state index >= 15 is 0 Å². The van der Waals surface area contributed by atoms with Crippen molar-refractivity contribution in [2.75, 3.05) is 0 Å². The van der Waals surface area contributed by atoms with Crippen molar-refractivity contribution < 1.29 is 14.3 Å². The molecule has 1 aliphatic heterocycles. The second-order valence-corrected chi connectivity index (χ2v) is 5.21. The number of aryl methyl sites for hydroxylation is 1. The van der Waals surface area contributed by atoms with Gasteiger partial charge in [0.05, 0.1) is 6.10 Å². The van der Waals surface area contributed by atoms with Crippen molar-refractivity contribution in [1.29, 1.82) is 0 Å². The molecular weight excluding hydrogens is 232 g/mol. The molecule has 0 radical (unpaired) electrons. The molecule has 0 aromatic carbocycles. The van der Waals surface area contributed by atoms with Crippen LogP contribution in [0.4, 0.5) is 0 Å². The van der Waals surface area contributed by atoms with Crippen LogP contribution in [-0.2, 0) is 0 Å². The van der Waals surface area contributed by atoms with Crippen molar-refractivity contribution in [2.24, 2.45) is 0 Å². The Kier molecular flexibility index (Phi) is 2.38. The monoisotopic (exact) mass is 248 g/mol. The van der Waals surface area contributed by atoms with Gasteiger partial charge in [0, 0.05) is 6.07 Å². The summed E-state index contributed by atoms with van der Waals surface area (Å²) in [6.07, 6.45) is 3.78. The average molecular weight is 248 g/mol. The third kappa shape index (κ3) is 1.52. The van der Waals surface area contributed by atoms with Gasteiger partial charge in [-0.15, -0.1) is 0 Å². The van der Waals surface area contributed by atoms with Crippen LogP contribution in [0.5, 0.6) is 5.75 Å². The molecule has 0 spiro atoms. The Morgan fingerprint density at radius 3 is 3.06 bits per heavy atom. The van der Waals surface area contributed by atoms with Crippen LogP contribution >= 0.6 is 0 Å². The van der Waals surface area contributed by atoms with Crippen molar-refractivity contribution in [1.82, 2.24) is 0 Å². The topological polar surface area (TPSA) is 59.7 Å². The third-order valence-electron chi connectivity index (χ3n) is 3.91. The van der Waals surface area contributed by atoms with Crippen LogP contribution in [0.3, 0.4) is 0 Å². The maximum absolute atomic E-state index is 11.8. The van der Waals surface area contributed by atoms with Gasteiger partial charge in [-0.25, -0.2) is 4.79 Å². The van der Waals surface area contributed by atoms with E-state index in [1.54, 1.807) is 13.0 Å². The number of hydrogen-bond acceptors (Lipinski definition) is 4. The van der Waals surface area contributed by atoms with E-state index in [0.717, 1.165) is 24.8 Å². The van der Waals surface area contributed by atoms with Crippen molar-refractivity contribution >= 4 is 6.08 Å². The van der Waals surface area contributed by atoms with E-state index in [0.29, 0.717) is 17.1 Å². The van der Waals surface area contributed by atoms with Crippen LogP contribution in [0.2, 0.25) is 0 Å². The second kappa shape index (κ2) is 3.72. The van der Waals surface area contributed by atoms with Gasteiger partial charge >= 0.3 is 5.63 Å². The number of rotatable bonds is 0. The molecule has 1 saturated carbocycles. The zero-order valence-electron chi connectivity index (χ0n) is 10.5. The lowest BCUT2D eigenvalue weighted by molar-refractivity contribution is -0.0357. The Balaban J connectivity index is 2.19. The van der Waals surface area contributed by atoms with Crippen molar-refractivity contribution in [2.45, 2.75) is 44.8 Å². The first-order valence-corrected chi connectivity index (χ1v) is 6.23. The SMILES string of the molecule is Cc1cc2c(c(=O)o1)C=C1CCC[C@H](O)[C@@]1(C)O2. The lowest BCUT2D eigenvalue weighted by atomic mass is 9.77. The first kappa shape index (κ1) is 11.5. The highest BCUT2D eigenvalue weighted by Gasteiger charge is 2.44. The molecule has 4 heteroatoms. The maximum Gasteiger partial charge on any atom is 0.346 e. The number of hydrogen-bond donors (Lipinski definition) is 1. The molecule has 1 aromatic heterocycles. The fraction of sp³-hybridized carbons (Fsp3) is 0.500. The molecule has 0 saturated heterocycles. The lowest BCUT2D eigenvalue weighted by Gasteiger charge is -2.43. The quantitative estimate of drug-likeness (QED) is 0.763. The molecule has 0 amide bonds. The first-order chi connectivity index (χ1) is 8.50. The van der Waals surface area contributed by atoms with Crippen molar-refractivity contribution in [3.05, 3.63) is 33.4 Å². The summed E-state index contributed by atoms with van der Waals surface area (Å²) in [5.74, 6) is 1.03. The van der Waals surface area contributed by atoms with E-state index in [4.69, 9.17) is 9.15 Å². The zero-order chi connectivity index (χ0) is 12.9. The highest BCUT2D eigenvalue weighted by atomic mass is 16.5. The van der Waals surface area contributed by atoms with E-state index in [9.17, 15) is 9.90 Å². The molecule has 1 aliphatic carbocycles. The molecule has 2 heterocycles.